The molecule has 11 aromatic carbocycles. The predicted molar refractivity (Wildman–Crippen MR) is 290 cm³/mol. The summed E-state index contributed by atoms with van der Waals surface area (Å²) in [5.74, 6) is 0.00760. The number of rotatable bonds is 8. The van der Waals surface area contributed by atoms with Gasteiger partial charge in [-0.1, -0.05) is 232 Å². The quantitative estimate of drug-likeness (QED) is 0.139. The van der Waals surface area contributed by atoms with Gasteiger partial charge in [0.15, 0.2) is 0 Å². The highest BCUT2D eigenvalue weighted by Crippen LogP contribution is 2.51. The number of furan rings is 1. The van der Waals surface area contributed by atoms with Gasteiger partial charge in [0.1, 0.15) is 11.2 Å². The lowest BCUT2D eigenvalue weighted by molar-refractivity contribution is 0.659. The van der Waals surface area contributed by atoms with E-state index in [1.54, 1.807) is 0 Å². The van der Waals surface area contributed by atoms with Crippen LogP contribution in [-0.2, 0) is 5.41 Å². The summed E-state index contributed by atoms with van der Waals surface area (Å²) in [4.78, 5) is 0. The molecule has 326 valence electrons. The van der Waals surface area contributed by atoms with Gasteiger partial charge in [-0.25, -0.2) is 0 Å². The average molecular weight is 881 g/mol. The number of para-hydroxylation sites is 1. The van der Waals surface area contributed by atoms with Gasteiger partial charge in [-0.05, 0) is 136 Å². The molecule has 1 unspecified atom stereocenters. The highest BCUT2D eigenvalue weighted by Gasteiger charge is 2.36. The van der Waals surface area contributed by atoms with Gasteiger partial charge in [-0.15, -0.1) is 0 Å². The molecule has 1 aliphatic carbocycles. The summed E-state index contributed by atoms with van der Waals surface area (Å²) in [7, 11) is 0. The van der Waals surface area contributed by atoms with Crippen molar-refractivity contribution in [2.45, 2.75) is 25.2 Å². The summed E-state index contributed by atoms with van der Waals surface area (Å²) in [6.07, 6.45) is 0. The minimum absolute atomic E-state index is 0.00760. The van der Waals surface area contributed by atoms with Crippen molar-refractivity contribution < 1.29 is 4.42 Å². The first-order valence-electron chi connectivity index (χ1n) is 24.1. The highest BCUT2D eigenvalue weighted by molar-refractivity contribution is 6.06. The van der Waals surface area contributed by atoms with E-state index in [0.29, 0.717) is 0 Å². The van der Waals surface area contributed by atoms with Gasteiger partial charge in [0.25, 0.3) is 0 Å². The molecular weight excluding hydrogens is 833 g/mol. The van der Waals surface area contributed by atoms with Crippen LogP contribution in [0.3, 0.4) is 0 Å². The first kappa shape index (κ1) is 40.7. The Balaban J connectivity index is 0.866. The summed E-state index contributed by atoms with van der Waals surface area (Å²) in [5, 5.41) is 4.82. The molecule has 0 radical (unpaired) electrons. The number of benzene rings is 11. The Morgan fingerprint density at radius 1 is 0.290 bits per heavy atom. The maximum Gasteiger partial charge on any atom is 0.135 e. The monoisotopic (exact) mass is 880 g/mol. The maximum absolute atomic E-state index is 6.14. The van der Waals surface area contributed by atoms with Crippen molar-refractivity contribution in [3.05, 3.63) is 277 Å². The minimum atomic E-state index is -0.188. The molecule has 0 N–H and O–H groups in total. The van der Waals surface area contributed by atoms with Crippen LogP contribution in [0.4, 0.5) is 0 Å². The molecule has 0 saturated heterocycles. The summed E-state index contributed by atoms with van der Waals surface area (Å²) in [5.41, 5.74) is 23.0. The molecule has 1 aromatic heterocycles. The van der Waals surface area contributed by atoms with Crippen LogP contribution in [0, 0.1) is 0 Å². The van der Waals surface area contributed by atoms with E-state index >= 15 is 0 Å². The normalized spacial score (nSPS) is 13.1. The van der Waals surface area contributed by atoms with Crippen LogP contribution in [0.2, 0.25) is 0 Å². The zero-order chi connectivity index (χ0) is 46.1. The Kier molecular flexibility index (Phi) is 9.66. The molecular formula is C68H48O. The standard InChI is InChI=1S/C68H48O/c1-68(2)63-42-56(54-32-29-45-13-6-7-14-52(45)39-54)33-36-59(63)60-37-34-58(43-64(60)68)67(51-30-27-48(28-31-51)47-21-19-46(20-22-47)44-11-4-3-5-12-44)57-16-10-15-53(40-57)49-23-25-50(26-24-49)55-35-38-66-62(41-55)61-17-8-9-18-65(61)69-66/h3-43,67H,1-2H3. The third-order valence-corrected chi connectivity index (χ3v) is 14.8. The fourth-order valence-electron chi connectivity index (χ4n) is 11.1. The predicted octanol–water partition coefficient (Wildman–Crippen LogP) is 18.6. The lowest BCUT2D eigenvalue weighted by Gasteiger charge is -2.25. The Bertz CT molecular complexity index is 3890. The largest absolute Gasteiger partial charge is 0.456 e. The van der Waals surface area contributed by atoms with Gasteiger partial charge in [0, 0.05) is 22.1 Å². The van der Waals surface area contributed by atoms with E-state index in [-0.39, 0.29) is 11.3 Å². The molecule has 1 nitrogen and oxygen atoms in total. The Morgan fingerprint density at radius 2 is 0.754 bits per heavy atom. The minimum Gasteiger partial charge on any atom is -0.456 e. The van der Waals surface area contributed by atoms with Crippen molar-refractivity contribution >= 4 is 32.7 Å². The molecule has 13 rings (SSSR count). The van der Waals surface area contributed by atoms with Crippen LogP contribution in [-0.4, -0.2) is 0 Å². The topological polar surface area (TPSA) is 13.1 Å². The van der Waals surface area contributed by atoms with E-state index in [9.17, 15) is 0 Å². The van der Waals surface area contributed by atoms with Crippen molar-refractivity contribution in [3.63, 3.8) is 0 Å². The SMILES string of the molecule is CC1(C)c2cc(-c3ccc4ccccc4c3)ccc2-c2ccc(C(c3ccc(-c4ccc(-c5ccccc5)cc4)cc3)c3cccc(-c4ccc(-c5ccc6oc7ccccc7c6c5)cc4)c3)cc21. The lowest BCUT2D eigenvalue weighted by atomic mass is 9.78. The van der Waals surface area contributed by atoms with Crippen LogP contribution in [0.1, 0.15) is 47.6 Å². The molecule has 12 aromatic rings. The van der Waals surface area contributed by atoms with Gasteiger partial charge < -0.3 is 4.42 Å². The first-order valence-corrected chi connectivity index (χ1v) is 24.1. The third-order valence-electron chi connectivity index (χ3n) is 14.8. The number of hydrogen-bond acceptors (Lipinski definition) is 1. The van der Waals surface area contributed by atoms with E-state index < -0.39 is 0 Å². The number of hydrogen-bond donors (Lipinski definition) is 0. The lowest BCUT2D eigenvalue weighted by Crippen LogP contribution is -2.16. The summed E-state index contributed by atoms with van der Waals surface area (Å²) in [6.45, 7) is 4.80. The van der Waals surface area contributed by atoms with Crippen LogP contribution in [0.15, 0.2) is 253 Å². The second-order valence-corrected chi connectivity index (χ2v) is 19.3. The van der Waals surface area contributed by atoms with Crippen LogP contribution < -0.4 is 0 Å². The van der Waals surface area contributed by atoms with E-state index in [1.165, 1.54) is 105 Å². The maximum atomic E-state index is 6.14. The molecule has 0 aliphatic heterocycles. The van der Waals surface area contributed by atoms with Gasteiger partial charge in [0.05, 0.1) is 0 Å². The zero-order valence-electron chi connectivity index (χ0n) is 38.7. The Labute approximate surface area is 403 Å². The van der Waals surface area contributed by atoms with Crippen LogP contribution in [0.5, 0.6) is 0 Å². The van der Waals surface area contributed by atoms with E-state index in [4.69, 9.17) is 4.42 Å². The average Bonchev–Trinajstić information content (AvgIpc) is 3.89. The van der Waals surface area contributed by atoms with Crippen LogP contribution in [0.25, 0.3) is 99.5 Å². The molecule has 1 atom stereocenters. The Hall–Kier alpha value is -8.52. The Morgan fingerprint density at radius 3 is 1.49 bits per heavy atom. The van der Waals surface area contributed by atoms with E-state index in [2.05, 4.69) is 250 Å². The number of fused-ring (bicyclic) bond motifs is 7. The zero-order valence-corrected chi connectivity index (χ0v) is 38.7. The van der Waals surface area contributed by atoms with Crippen molar-refractivity contribution in [1.29, 1.82) is 0 Å². The molecule has 0 fully saturated rings. The molecule has 0 saturated carbocycles. The molecule has 1 heterocycles. The smallest absolute Gasteiger partial charge is 0.135 e. The van der Waals surface area contributed by atoms with Gasteiger partial charge >= 0.3 is 0 Å². The summed E-state index contributed by atoms with van der Waals surface area (Å²) < 4.78 is 6.14. The molecule has 0 spiro atoms. The van der Waals surface area contributed by atoms with E-state index in [1.807, 2.05) is 12.1 Å². The van der Waals surface area contributed by atoms with Crippen LogP contribution >= 0.6 is 0 Å². The summed E-state index contributed by atoms with van der Waals surface area (Å²) in [6, 6.07) is 91.7. The van der Waals surface area contributed by atoms with Crippen molar-refractivity contribution in [2.75, 3.05) is 0 Å². The second kappa shape index (κ2) is 16.4. The van der Waals surface area contributed by atoms with Crippen molar-refractivity contribution in [2.24, 2.45) is 0 Å². The van der Waals surface area contributed by atoms with Gasteiger partial charge in [-0.2, -0.15) is 0 Å². The van der Waals surface area contributed by atoms with Gasteiger partial charge in [-0.3, -0.25) is 0 Å². The highest BCUT2D eigenvalue weighted by atomic mass is 16.3. The summed E-state index contributed by atoms with van der Waals surface area (Å²) >= 11 is 0. The molecule has 1 aliphatic rings. The fourth-order valence-corrected chi connectivity index (χ4v) is 11.1. The first-order chi connectivity index (χ1) is 33.9. The van der Waals surface area contributed by atoms with Crippen molar-refractivity contribution in [3.8, 4) is 66.8 Å². The van der Waals surface area contributed by atoms with E-state index in [0.717, 1.165) is 21.9 Å². The molecule has 1 heteroatoms. The molecule has 0 bridgehead atoms. The molecule has 0 amide bonds. The molecule has 69 heavy (non-hydrogen) atoms. The third kappa shape index (κ3) is 7.18. The fraction of sp³-hybridized carbons (Fsp3) is 0.0588. The van der Waals surface area contributed by atoms with Gasteiger partial charge in [0.2, 0.25) is 0 Å². The second-order valence-electron chi connectivity index (χ2n) is 19.3. The van der Waals surface area contributed by atoms with Crippen molar-refractivity contribution in [1.82, 2.24) is 0 Å².